The van der Waals surface area contributed by atoms with Crippen molar-refractivity contribution in [1.29, 1.82) is 0 Å². The van der Waals surface area contributed by atoms with Crippen molar-refractivity contribution >= 4 is 11.9 Å². The molecular weight excluding hydrogens is 192 g/mol. The lowest BCUT2D eigenvalue weighted by Crippen LogP contribution is -2.49. The number of carboxylic acids is 1. The van der Waals surface area contributed by atoms with Crippen LogP contribution in [-0.4, -0.2) is 54.5 Å². The largest absolute Gasteiger partial charge is 0.480 e. The van der Waals surface area contributed by atoms with Gasteiger partial charge in [-0.25, -0.2) is 4.79 Å². The number of carbonyl (C=O) groups is 2. The molecule has 2 atom stereocenters. The summed E-state index contributed by atoms with van der Waals surface area (Å²) in [5, 5.41) is 19.2. The van der Waals surface area contributed by atoms with E-state index in [0.717, 1.165) is 0 Å². The van der Waals surface area contributed by atoms with Gasteiger partial charge in [-0.2, -0.15) is 0 Å². The summed E-state index contributed by atoms with van der Waals surface area (Å²) in [6.45, 7) is -0.734. The first kappa shape index (κ1) is 12.8. The molecule has 1 unspecified atom stereocenters. The average molecular weight is 206 g/mol. The van der Waals surface area contributed by atoms with Gasteiger partial charge >= 0.3 is 5.97 Å². The van der Waals surface area contributed by atoms with Crippen LogP contribution >= 0.6 is 0 Å². The number of hydrogen-bond donors (Lipinski definition) is 4. The summed E-state index contributed by atoms with van der Waals surface area (Å²) in [7, 11) is 1.28. The fourth-order valence-corrected chi connectivity index (χ4v) is 0.760. The van der Waals surface area contributed by atoms with Crippen LogP contribution in [0.5, 0.6) is 0 Å². The van der Waals surface area contributed by atoms with Crippen LogP contribution in [0.3, 0.4) is 0 Å². The van der Waals surface area contributed by atoms with Crippen molar-refractivity contribution in [2.24, 2.45) is 5.73 Å². The molecule has 0 aliphatic heterocycles. The van der Waals surface area contributed by atoms with Crippen molar-refractivity contribution in [2.75, 3.05) is 20.3 Å². The van der Waals surface area contributed by atoms with Crippen LogP contribution < -0.4 is 11.1 Å². The number of methoxy groups -OCH3 is 1. The Hall–Kier alpha value is -1.18. The van der Waals surface area contributed by atoms with E-state index in [0.29, 0.717) is 0 Å². The molecule has 7 heteroatoms. The first-order valence-corrected chi connectivity index (χ1v) is 3.93. The summed E-state index contributed by atoms with van der Waals surface area (Å²) in [4.78, 5) is 21.6. The summed E-state index contributed by atoms with van der Waals surface area (Å²) >= 11 is 0. The Morgan fingerprint density at radius 3 is 2.43 bits per heavy atom. The quantitative estimate of drug-likeness (QED) is 0.382. The second kappa shape index (κ2) is 6.30. The maximum Gasteiger partial charge on any atom is 0.328 e. The Kier molecular flexibility index (Phi) is 5.77. The lowest BCUT2D eigenvalue weighted by Gasteiger charge is -2.16. The van der Waals surface area contributed by atoms with E-state index in [1.807, 2.05) is 0 Å². The molecule has 0 heterocycles. The van der Waals surface area contributed by atoms with Crippen molar-refractivity contribution in [3.63, 3.8) is 0 Å². The van der Waals surface area contributed by atoms with Gasteiger partial charge in [-0.1, -0.05) is 0 Å². The molecule has 0 aromatic carbocycles. The number of carboxylic acid groups (broad SMARTS) is 1. The molecule has 0 aromatic heterocycles. The zero-order valence-corrected chi connectivity index (χ0v) is 7.77. The minimum absolute atomic E-state index is 0.0555. The first-order chi connectivity index (χ1) is 6.56. The first-order valence-electron chi connectivity index (χ1n) is 3.93. The number of aliphatic carboxylic acids is 1. The molecule has 1 amide bonds. The number of amides is 1. The summed E-state index contributed by atoms with van der Waals surface area (Å²) in [5.41, 5.74) is 5.18. The molecule has 0 aromatic rings. The number of aliphatic hydroxyl groups is 1. The Morgan fingerprint density at radius 2 is 2.14 bits per heavy atom. The van der Waals surface area contributed by atoms with E-state index in [2.05, 4.69) is 10.1 Å². The lowest BCUT2D eigenvalue weighted by molar-refractivity contribution is -0.144. The molecule has 0 aliphatic carbocycles. The summed E-state index contributed by atoms with van der Waals surface area (Å²) < 4.78 is 4.67. The number of carbonyl (C=O) groups excluding carboxylic acids is 1. The van der Waals surface area contributed by atoms with Gasteiger partial charge in [0.15, 0.2) is 0 Å². The Labute approximate surface area is 80.8 Å². The predicted molar refractivity (Wildman–Crippen MR) is 46.5 cm³/mol. The predicted octanol–water partition coefficient (Wildman–Crippen LogP) is -2.48. The van der Waals surface area contributed by atoms with Gasteiger partial charge < -0.3 is 26.0 Å². The molecule has 82 valence electrons. The molecule has 0 aliphatic rings. The normalized spacial score (nSPS) is 14.5. The number of aliphatic hydroxyl groups excluding tert-OH is 1. The number of ether oxygens (including phenoxy) is 1. The van der Waals surface area contributed by atoms with E-state index in [4.69, 9.17) is 15.9 Å². The zero-order chi connectivity index (χ0) is 11.1. The Balaban J connectivity index is 4.20. The molecule has 0 bridgehead atoms. The van der Waals surface area contributed by atoms with Crippen LogP contribution in [-0.2, 0) is 14.3 Å². The number of rotatable bonds is 6. The minimum atomic E-state index is -1.33. The molecule has 0 fully saturated rings. The van der Waals surface area contributed by atoms with Gasteiger partial charge in [0, 0.05) is 13.7 Å². The van der Waals surface area contributed by atoms with Gasteiger partial charge in [-0.15, -0.1) is 0 Å². The van der Waals surface area contributed by atoms with E-state index < -0.39 is 30.6 Å². The number of nitrogens with one attached hydrogen (secondary N) is 1. The lowest BCUT2D eigenvalue weighted by atomic mass is 10.2. The van der Waals surface area contributed by atoms with Gasteiger partial charge in [0.1, 0.15) is 12.1 Å². The maximum absolute atomic E-state index is 11.2. The van der Waals surface area contributed by atoms with Crippen molar-refractivity contribution in [3.8, 4) is 0 Å². The highest BCUT2D eigenvalue weighted by molar-refractivity contribution is 5.86. The average Bonchev–Trinajstić information content (AvgIpc) is 2.15. The fraction of sp³-hybridized carbons (Fsp3) is 0.714. The zero-order valence-electron chi connectivity index (χ0n) is 7.77. The minimum Gasteiger partial charge on any atom is -0.480 e. The second-order valence-corrected chi connectivity index (χ2v) is 2.54. The van der Waals surface area contributed by atoms with E-state index in [1.165, 1.54) is 7.11 Å². The third kappa shape index (κ3) is 3.69. The van der Waals surface area contributed by atoms with Gasteiger partial charge in [0.25, 0.3) is 5.91 Å². The van der Waals surface area contributed by atoms with E-state index >= 15 is 0 Å². The summed E-state index contributed by atoms with van der Waals surface area (Å²) in [6.07, 6.45) is -0.900. The van der Waals surface area contributed by atoms with Crippen molar-refractivity contribution in [1.82, 2.24) is 5.32 Å². The van der Waals surface area contributed by atoms with Crippen LogP contribution in [0.15, 0.2) is 0 Å². The summed E-state index contributed by atoms with van der Waals surface area (Å²) in [6, 6.07) is -1.33. The van der Waals surface area contributed by atoms with E-state index in [1.54, 1.807) is 0 Å². The Bertz CT molecular complexity index is 204. The van der Waals surface area contributed by atoms with Gasteiger partial charge in [0.2, 0.25) is 0 Å². The molecular formula is C7H14N2O5. The van der Waals surface area contributed by atoms with Crippen LogP contribution in [0.1, 0.15) is 0 Å². The monoisotopic (exact) mass is 206 g/mol. The molecule has 0 rings (SSSR count). The van der Waals surface area contributed by atoms with Crippen LogP contribution in [0, 0.1) is 0 Å². The SMILES string of the molecule is COC(CN)C(=O)N[C@H](CO)C(=O)O. The second-order valence-electron chi connectivity index (χ2n) is 2.54. The smallest absolute Gasteiger partial charge is 0.328 e. The summed E-state index contributed by atoms with van der Waals surface area (Å²) in [5.74, 6) is -1.97. The molecule has 0 spiro atoms. The fourth-order valence-electron chi connectivity index (χ4n) is 0.760. The molecule has 14 heavy (non-hydrogen) atoms. The Morgan fingerprint density at radius 1 is 1.57 bits per heavy atom. The molecule has 0 saturated carbocycles. The van der Waals surface area contributed by atoms with Gasteiger partial charge in [0.05, 0.1) is 6.61 Å². The molecule has 7 nitrogen and oxygen atoms in total. The maximum atomic E-state index is 11.2. The molecule has 0 saturated heterocycles. The van der Waals surface area contributed by atoms with Crippen LogP contribution in [0.4, 0.5) is 0 Å². The van der Waals surface area contributed by atoms with Crippen molar-refractivity contribution in [2.45, 2.75) is 12.1 Å². The van der Waals surface area contributed by atoms with Gasteiger partial charge in [-0.05, 0) is 0 Å². The highest BCUT2D eigenvalue weighted by atomic mass is 16.5. The highest BCUT2D eigenvalue weighted by Crippen LogP contribution is 1.90. The highest BCUT2D eigenvalue weighted by Gasteiger charge is 2.23. The topological polar surface area (TPSA) is 122 Å². The molecule has 5 N–H and O–H groups in total. The van der Waals surface area contributed by atoms with Crippen molar-refractivity contribution in [3.05, 3.63) is 0 Å². The van der Waals surface area contributed by atoms with Crippen molar-refractivity contribution < 1.29 is 24.5 Å². The number of hydrogen-bond acceptors (Lipinski definition) is 5. The van der Waals surface area contributed by atoms with Crippen LogP contribution in [0.25, 0.3) is 0 Å². The third-order valence-electron chi connectivity index (χ3n) is 1.59. The third-order valence-corrected chi connectivity index (χ3v) is 1.59. The van der Waals surface area contributed by atoms with E-state index in [-0.39, 0.29) is 6.54 Å². The standard InChI is InChI=1S/C7H14N2O5/c1-14-5(2-8)6(11)9-4(3-10)7(12)13/h4-5,10H,2-3,8H2,1H3,(H,9,11)(H,12,13)/t4-,5?/m1/s1. The molecule has 0 radical (unpaired) electrons. The number of nitrogens with two attached hydrogens (primary N) is 1. The van der Waals surface area contributed by atoms with E-state index in [9.17, 15) is 9.59 Å². The van der Waals surface area contributed by atoms with Gasteiger partial charge in [-0.3, -0.25) is 4.79 Å². The van der Waals surface area contributed by atoms with Crippen LogP contribution in [0.2, 0.25) is 0 Å².